The molecule has 3 fully saturated rings. The van der Waals surface area contributed by atoms with E-state index in [4.69, 9.17) is 4.74 Å². The molecule has 0 aromatic rings. The highest BCUT2D eigenvalue weighted by atomic mass is 16.6. The third kappa shape index (κ3) is 1.76. The number of carbonyl (C=O) groups excluding carboxylic acids is 1. The first kappa shape index (κ1) is 10.6. The smallest absolute Gasteiger partial charge is 0.306 e. The van der Waals surface area contributed by atoms with Crippen LogP contribution in [0.1, 0.15) is 70.6 Å². The van der Waals surface area contributed by atoms with Gasteiger partial charge in [0, 0.05) is 0 Å². The van der Waals surface area contributed by atoms with Crippen LogP contribution in [0.25, 0.3) is 0 Å². The first-order valence-electron chi connectivity index (χ1n) is 6.94. The van der Waals surface area contributed by atoms with E-state index in [-0.39, 0.29) is 11.6 Å². The highest BCUT2D eigenvalue weighted by Crippen LogP contribution is 2.53. The van der Waals surface area contributed by atoms with E-state index < -0.39 is 0 Å². The topological polar surface area (TPSA) is 26.3 Å². The highest BCUT2D eigenvalue weighted by molar-refractivity contribution is 5.72. The molecule has 3 rings (SSSR count). The molecular formula is C14H22O2. The van der Waals surface area contributed by atoms with Crippen LogP contribution >= 0.6 is 0 Å². The van der Waals surface area contributed by atoms with E-state index >= 15 is 0 Å². The van der Waals surface area contributed by atoms with Crippen molar-refractivity contribution < 1.29 is 9.53 Å². The van der Waals surface area contributed by atoms with Crippen molar-refractivity contribution in [3.8, 4) is 0 Å². The Hall–Kier alpha value is -0.530. The summed E-state index contributed by atoms with van der Waals surface area (Å²) in [7, 11) is 0. The molecule has 0 radical (unpaired) electrons. The molecule has 1 aliphatic heterocycles. The first-order valence-corrected chi connectivity index (χ1v) is 6.94. The Morgan fingerprint density at radius 1 is 0.875 bits per heavy atom. The molecular weight excluding hydrogens is 200 g/mol. The van der Waals surface area contributed by atoms with E-state index in [1.807, 2.05) is 0 Å². The summed E-state index contributed by atoms with van der Waals surface area (Å²) in [6.45, 7) is 0. The molecule has 2 nitrogen and oxygen atoms in total. The average molecular weight is 222 g/mol. The van der Waals surface area contributed by atoms with Crippen LogP contribution in [0, 0.1) is 5.41 Å². The van der Waals surface area contributed by atoms with Gasteiger partial charge in [0.05, 0.1) is 6.42 Å². The Balaban J connectivity index is 1.81. The van der Waals surface area contributed by atoms with Crippen molar-refractivity contribution in [2.75, 3.05) is 0 Å². The standard InChI is InChI=1S/C14H22O2/c15-12-10-13(6-4-5-7-13)11-14(16-12)8-2-1-3-9-14/h1-11H2. The van der Waals surface area contributed by atoms with Crippen molar-refractivity contribution >= 4 is 5.97 Å². The Morgan fingerprint density at radius 2 is 1.50 bits per heavy atom. The molecule has 3 aliphatic rings. The van der Waals surface area contributed by atoms with Crippen LogP contribution in [0.5, 0.6) is 0 Å². The number of rotatable bonds is 0. The summed E-state index contributed by atoms with van der Waals surface area (Å²) in [5.41, 5.74) is 0.296. The minimum atomic E-state index is -0.0437. The van der Waals surface area contributed by atoms with E-state index in [1.165, 1.54) is 51.4 Å². The molecule has 16 heavy (non-hydrogen) atoms. The Kier molecular flexibility index (Phi) is 2.49. The second kappa shape index (κ2) is 3.75. The lowest BCUT2D eigenvalue weighted by molar-refractivity contribution is -0.184. The fraction of sp³-hybridized carbons (Fsp3) is 0.929. The van der Waals surface area contributed by atoms with Crippen molar-refractivity contribution in [1.82, 2.24) is 0 Å². The third-order valence-corrected chi connectivity index (χ3v) is 4.98. The fourth-order valence-corrected chi connectivity index (χ4v) is 4.32. The molecule has 0 atom stereocenters. The van der Waals surface area contributed by atoms with E-state index in [1.54, 1.807) is 0 Å². The van der Waals surface area contributed by atoms with Gasteiger partial charge in [0.2, 0.25) is 0 Å². The zero-order chi connectivity index (χ0) is 11.1. The van der Waals surface area contributed by atoms with Crippen molar-refractivity contribution in [3.05, 3.63) is 0 Å². The van der Waals surface area contributed by atoms with Crippen LogP contribution < -0.4 is 0 Å². The third-order valence-electron chi connectivity index (χ3n) is 4.98. The summed E-state index contributed by atoms with van der Waals surface area (Å²) >= 11 is 0. The molecule has 0 bridgehead atoms. The van der Waals surface area contributed by atoms with Gasteiger partial charge in [-0.05, 0) is 50.4 Å². The Labute approximate surface area is 97.7 Å². The lowest BCUT2D eigenvalue weighted by Gasteiger charge is -2.47. The summed E-state index contributed by atoms with van der Waals surface area (Å²) in [6.07, 6.45) is 13.1. The molecule has 0 aromatic heterocycles. The maximum atomic E-state index is 11.9. The molecule has 0 amide bonds. The highest BCUT2D eigenvalue weighted by Gasteiger charge is 2.50. The van der Waals surface area contributed by atoms with Crippen molar-refractivity contribution in [3.63, 3.8) is 0 Å². The van der Waals surface area contributed by atoms with Crippen molar-refractivity contribution in [2.45, 2.75) is 76.2 Å². The fourth-order valence-electron chi connectivity index (χ4n) is 4.32. The van der Waals surface area contributed by atoms with Gasteiger partial charge in [0.15, 0.2) is 0 Å². The maximum absolute atomic E-state index is 11.9. The van der Waals surface area contributed by atoms with Gasteiger partial charge >= 0.3 is 5.97 Å². The van der Waals surface area contributed by atoms with E-state index in [2.05, 4.69) is 0 Å². The van der Waals surface area contributed by atoms with Crippen molar-refractivity contribution in [1.29, 1.82) is 0 Å². The Bertz CT molecular complexity index is 283. The SMILES string of the molecule is O=C1CC2(CCCC2)CC2(CCCCC2)O1. The first-order chi connectivity index (χ1) is 7.72. The number of hydrogen-bond donors (Lipinski definition) is 0. The van der Waals surface area contributed by atoms with Gasteiger partial charge in [-0.2, -0.15) is 0 Å². The predicted molar refractivity (Wildman–Crippen MR) is 62.0 cm³/mol. The molecule has 2 saturated carbocycles. The number of hydrogen-bond acceptors (Lipinski definition) is 2. The number of ether oxygens (including phenoxy) is 1. The van der Waals surface area contributed by atoms with E-state index in [0.717, 1.165) is 12.8 Å². The molecule has 0 aromatic carbocycles. The molecule has 2 spiro atoms. The molecule has 2 heteroatoms. The van der Waals surface area contributed by atoms with E-state index in [0.29, 0.717) is 11.8 Å². The summed E-state index contributed by atoms with van der Waals surface area (Å²) < 4.78 is 5.76. The quantitative estimate of drug-likeness (QED) is 0.585. The summed E-state index contributed by atoms with van der Waals surface area (Å²) in [4.78, 5) is 11.9. The minimum Gasteiger partial charge on any atom is -0.459 e. The van der Waals surface area contributed by atoms with Gasteiger partial charge < -0.3 is 4.74 Å². The van der Waals surface area contributed by atoms with Crippen LogP contribution in [-0.2, 0) is 9.53 Å². The molecule has 0 N–H and O–H groups in total. The maximum Gasteiger partial charge on any atom is 0.306 e. The average Bonchev–Trinajstić information content (AvgIpc) is 2.65. The van der Waals surface area contributed by atoms with Crippen LogP contribution in [0.4, 0.5) is 0 Å². The van der Waals surface area contributed by atoms with Crippen LogP contribution in [-0.4, -0.2) is 11.6 Å². The zero-order valence-electron chi connectivity index (χ0n) is 10.1. The number of esters is 1. The molecule has 2 aliphatic carbocycles. The molecule has 1 heterocycles. The zero-order valence-corrected chi connectivity index (χ0v) is 10.1. The van der Waals surface area contributed by atoms with Crippen LogP contribution in [0.15, 0.2) is 0 Å². The second-order valence-electron chi connectivity index (χ2n) is 6.28. The van der Waals surface area contributed by atoms with Gasteiger partial charge in [-0.15, -0.1) is 0 Å². The monoisotopic (exact) mass is 222 g/mol. The number of carbonyl (C=O) groups is 1. The van der Waals surface area contributed by atoms with Gasteiger partial charge in [-0.3, -0.25) is 4.79 Å². The second-order valence-corrected chi connectivity index (χ2v) is 6.28. The normalized spacial score (nSPS) is 31.9. The van der Waals surface area contributed by atoms with Gasteiger partial charge in [0.25, 0.3) is 0 Å². The summed E-state index contributed by atoms with van der Waals surface area (Å²) in [5, 5.41) is 0. The minimum absolute atomic E-state index is 0.0437. The van der Waals surface area contributed by atoms with Gasteiger partial charge in [-0.1, -0.05) is 19.3 Å². The molecule has 90 valence electrons. The summed E-state index contributed by atoms with van der Waals surface area (Å²) in [5.74, 6) is 0.0926. The predicted octanol–water partition coefficient (Wildman–Crippen LogP) is 3.59. The molecule has 0 unspecified atom stereocenters. The van der Waals surface area contributed by atoms with Crippen molar-refractivity contribution in [2.24, 2.45) is 5.41 Å². The van der Waals surface area contributed by atoms with Gasteiger partial charge in [0.1, 0.15) is 5.60 Å². The molecule has 1 saturated heterocycles. The van der Waals surface area contributed by atoms with Gasteiger partial charge in [-0.25, -0.2) is 0 Å². The largest absolute Gasteiger partial charge is 0.459 e. The lowest BCUT2D eigenvalue weighted by atomic mass is 9.67. The van der Waals surface area contributed by atoms with Crippen LogP contribution in [0.3, 0.4) is 0 Å². The van der Waals surface area contributed by atoms with E-state index in [9.17, 15) is 4.79 Å². The lowest BCUT2D eigenvalue weighted by Crippen LogP contribution is -2.47. The van der Waals surface area contributed by atoms with Crippen LogP contribution in [0.2, 0.25) is 0 Å². The Morgan fingerprint density at radius 3 is 2.19 bits per heavy atom. The summed E-state index contributed by atoms with van der Waals surface area (Å²) in [6, 6.07) is 0.